The van der Waals surface area contributed by atoms with Gasteiger partial charge in [-0.2, -0.15) is 5.10 Å². The molecule has 0 spiro atoms. The number of hydrogen-bond acceptors (Lipinski definition) is 1. The summed E-state index contributed by atoms with van der Waals surface area (Å²) < 4.78 is 3.07. The molecule has 2 aromatic rings. The van der Waals surface area contributed by atoms with Crippen molar-refractivity contribution in [3.05, 3.63) is 45.7 Å². The topological polar surface area (TPSA) is 17.8 Å². The van der Waals surface area contributed by atoms with Gasteiger partial charge in [0.25, 0.3) is 0 Å². The summed E-state index contributed by atoms with van der Waals surface area (Å²) in [6, 6.07) is 8.17. The zero-order chi connectivity index (χ0) is 11.0. The lowest BCUT2D eigenvalue weighted by molar-refractivity contribution is 0.833. The van der Waals surface area contributed by atoms with E-state index in [9.17, 15) is 0 Å². The molecule has 3 heteroatoms. The minimum Gasteiger partial charge on any atom is -0.238 e. The molecule has 0 radical (unpaired) electrons. The van der Waals surface area contributed by atoms with Crippen LogP contribution in [0.2, 0.25) is 0 Å². The molecule has 0 fully saturated rings. The number of nitrogens with zero attached hydrogens (tertiary/aromatic N) is 2. The third kappa shape index (κ3) is 1.84. The van der Waals surface area contributed by atoms with Crippen molar-refractivity contribution in [2.45, 2.75) is 20.8 Å². The molecule has 2 rings (SSSR count). The first-order valence-electron chi connectivity index (χ1n) is 4.88. The molecule has 0 saturated heterocycles. The van der Waals surface area contributed by atoms with Gasteiger partial charge in [-0.15, -0.1) is 0 Å². The maximum atomic E-state index is 4.51. The first kappa shape index (κ1) is 10.4. The summed E-state index contributed by atoms with van der Waals surface area (Å²) in [6.45, 7) is 6.24. The van der Waals surface area contributed by atoms with Gasteiger partial charge in [-0.25, -0.2) is 4.68 Å². The number of aryl methyl sites for hydroxylation is 1. The van der Waals surface area contributed by atoms with E-state index in [1.54, 1.807) is 0 Å². The summed E-state index contributed by atoms with van der Waals surface area (Å²) >= 11 is 3.43. The summed E-state index contributed by atoms with van der Waals surface area (Å²) in [5.74, 6) is 0. The number of benzene rings is 1. The van der Waals surface area contributed by atoms with E-state index in [-0.39, 0.29) is 0 Å². The Balaban J connectivity index is 2.54. The Morgan fingerprint density at radius 2 is 1.67 bits per heavy atom. The predicted molar refractivity (Wildman–Crippen MR) is 65.5 cm³/mol. The Labute approximate surface area is 98.1 Å². The Morgan fingerprint density at radius 1 is 1.07 bits per heavy atom. The maximum Gasteiger partial charge on any atom is 0.0649 e. The molecule has 0 N–H and O–H groups in total. The number of rotatable bonds is 1. The SMILES string of the molecule is Cc1nn(-c2ccc(Br)cc2)c(C)c1C. The molecule has 0 saturated carbocycles. The Bertz CT molecular complexity index is 483. The van der Waals surface area contributed by atoms with Crippen molar-refractivity contribution in [2.75, 3.05) is 0 Å². The Kier molecular flexibility index (Phi) is 2.65. The standard InChI is InChI=1S/C12H13BrN2/c1-8-9(2)14-15(10(8)3)12-6-4-11(13)5-7-12/h4-7H,1-3H3. The fourth-order valence-electron chi connectivity index (χ4n) is 1.55. The Morgan fingerprint density at radius 3 is 2.13 bits per heavy atom. The molecular weight excluding hydrogens is 252 g/mol. The second-order valence-corrected chi connectivity index (χ2v) is 4.60. The monoisotopic (exact) mass is 264 g/mol. The average molecular weight is 265 g/mol. The first-order valence-corrected chi connectivity index (χ1v) is 5.67. The summed E-state index contributed by atoms with van der Waals surface area (Å²) in [6.07, 6.45) is 0. The lowest BCUT2D eigenvalue weighted by Gasteiger charge is -2.04. The van der Waals surface area contributed by atoms with Crippen LogP contribution in [-0.4, -0.2) is 9.78 Å². The van der Waals surface area contributed by atoms with Crippen molar-refractivity contribution in [3.8, 4) is 5.69 Å². The number of aromatic nitrogens is 2. The largest absolute Gasteiger partial charge is 0.238 e. The second-order valence-electron chi connectivity index (χ2n) is 3.68. The van der Waals surface area contributed by atoms with E-state index in [2.05, 4.69) is 47.0 Å². The highest BCUT2D eigenvalue weighted by Crippen LogP contribution is 2.18. The molecule has 0 unspecified atom stereocenters. The van der Waals surface area contributed by atoms with Crippen molar-refractivity contribution in [1.29, 1.82) is 0 Å². The minimum absolute atomic E-state index is 1.09. The van der Waals surface area contributed by atoms with E-state index in [0.29, 0.717) is 0 Å². The minimum atomic E-state index is 1.09. The van der Waals surface area contributed by atoms with E-state index in [1.165, 1.54) is 11.3 Å². The molecule has 0 aliphatic heterocycles. The highest BCUT2D eigenvalue weighted by Gasteiger charge is 2.08. The summed E-state index contributed by atoms with van der Waals surface area (Å²) in [4.78, 5) is 0. The summed E-state index contributed by atoms with van der Waals surface area (Å²) in [5.41, 5.74) is 4.66. The molecule has 78 valence electrons. The van der Waals surface area contributed by atoms with Crippen LogP contribution in [0.4, 0.5) is 0 Å². The molecule has 0 aliphatic rings. The zero-order valence-corrected chi connectivity index (χ0v) is 10.7. The van der Waals surface area contributed by atoms with Crippen LogP contribution in [0.1, 0.15) is 17.0 Å². The lowest BCUT2D eigenvalue weighted by Crippen LogP contribution is -1.98. The highest BCUT2D eigenvalue weighted by molar-refractivity contribution is 9.10. The summed E-state index contributed by atoms with van der Waals surface area (Å²) in [5, 5.41) is 4.51. The van der Waals surface area contributed by atoms with Gasteiger partial charge in [-0.1, -0.05) is 15.9 Å². The van der Waals surface area contributed by atoms with Crippen LogP contribution in [0.3, 0.4) is 0 Å². The van der Waals surface area contributed by atoms with E-state index in [0.717, 1.165) is 15.9 Å². The van der Waals surface area contributed by atoms with Crippen molar-refractivity contribution < 1.29 is 0 Å². The van der Waals surface area contributed by atoms with Crippen LogP contribution >= 0.6 is 15.9 Å². The molecule has 1 aromatic carbocycles. The average Bonchev–Trinajstić information content (AvgIpc) is 2.47. The third-order valence-corrected chi connectivity index (χ3v) is 3.25. The van der Waals surface area contributed by atoms with Gasteiger partial charge in [0.1, 0.15) is 0 Å². The molecule has 0 atom stereocenters. The molecule has 2 nitrogen and oxygen atoms in total. The van der Waals surface area contributed by atoms with Gasteiger partial charge in [-0.05, 0) is 50.6 Å². The fourth-order valence-corrected chi connectivity index (χ4v) is 1.82. The third-order valence-electron chi connectivity index (χ3n) is 2.72. The summed E-state index contributed by atoms with van der Waals surface area (Å²) in [7, 11) is 0. The van der Waals surface area contributed by atoms with Crippen LogP contribution in [0.25, 0.3) is 5.69 Å². The highest BCUT2D eigenvalue weighted by atomic mass is 79.9. The van der Waals surface area contributed by atoms with Crippen LogP contribution in [0.15, 0.2) is 28.7 Å². The van der Waals surface area contributed by atoms with Crippen molar-refractivity contribution >= 4 is 15.9 Å². The van der Waals surface area contributed by atoms with Gasteiger partial charge in [0.2, 0.25) is 0 Å². The number of halogens is 1. The van der Waals surface area contributed by atoms with E-state index >= 15 is 0 Å². The zero-order valence-electron chi connectivity index (χ0n) is 9.08. The smallest absolute Gasteiger partial charge is 0.0649 e. The molecule has 15 heavy (non-hydrogen) atoms. The van der Waals surface area contributed by atoms with Crippen molar-refractivity contribution in [2.24, 2.45) is 0 Å². The second kappa shape index (κ2) is 3.81. The molecule has 0 amide bonds. The molecule has 1 heterocycles. The maximum absolute atomic E-state index is 4.51. The van der Waals surface area contributed by atoms with Crippen LogP contribution in [0.5, 0.6) is 0 Å². The molecule has 0 bridgehead atoms. The van der Waals surface area contributed by atoms with Gasteiger partial charge in [-0.3, -0.25) is 0 Å². The van der Waals surface area contributed by atoms with E-state index in [1.807, 2.05) is 23.7 Å². The number of hydrogen-bond donors (Lipinski definition) is 0. The van der Waals surface area contributed by atoms with Crippen LogP contribution < -0.4 is 0 Å². The van der Waals surface area contributed by atoms with Gasteiger partial charge < -0.3 is 0 Å². The van der Waals surface area contributed by atoms with Crippen molar-refractivity contribution in [1.82, 2.24) is 9.78 Å². The van der Waals surface area contributed by atoms with Gasteiger partial charge in [0.05, 0.1) is 11.4 Å². The van der Waals surface area contributed by atoms with E-state index < -0.39 is 0 Å². The molecule has 0 aliphatic carbocycles. The van der Waals surface area contributed by atoms with Crippen LogP contribution in [0, 0.1) is 20.8 Å². The van der Waals surface area contributed by atoms with Gasteiger partial charge in [0, 0.05) is 10.2 Å². The Hall–Kier alpha value is -1.09. The van der Waals surface area contributed by atoms with Gasteiger partial charge in [0.15, 0.2) is 0 Å². The lowest BCUT2D eigenvalue weighted by atomic mass is 10.2. The van der Waals surface area contributed by atoms with E-state index in [4.69, 9.17) is 0 Å². The van der Waals surface area contributed by atoms with Gasteiger partial charge >= 0.3 is 0 Å². The normalized spacial score (nSPS) is 10.7. The molecule has 1 aromatic heterocycles. The first-order chi connectivity index (χ1) is 7.09. The van der Waals surface area contributed by atoms with Crippen molar-refractivity contribution in [3.63, 3.8) is 0 Å². The molecular formula is C12H13BrN2. The quantitative estimate of drug-likeness (QED) is 0.770. The van der Waals surface area contributed by atoms with Crippen LogP contribution in [-0.2, 0) is 0 Å². The predicted octanol–water partition coefficient (Wildman–Crippen LogP) is 3.56. The fraction of sp³-hybridized carbons (Fsp3) is 0.250.